The smallest absolute Gasteiger partial charge is 0.247 e. The molecule has 0 aliphatic carbocycles. The van der Waals surface area contributed by atoms with E-state index in [1.807, 2.05) is 32.0 Å². The van der Waals surface area contributed by atoms with Crippen LogP contribution < -0.4 is 20.5 Å². The molecule has 0 amide bonds. The van der Waals surface area contributed by atoms with E-state index in [1.54, 1.807) is 6.07 Å². The zero-order valence-electron chi connectivity index (χ0n) is 16.9. The summed E-state index contributed by atoms with van der Waals surface area (Å²) in [5, 5.41) is 11.6. The molecular formula is C19H29IN4O3S2. The number of primary sulfonamides is 1. The second-order valence-corrected chi connectivity index (χ2v) is 9.23. The molecule has 0 fully saturated rings. The van der Waals surface area contributed by atoms with Crippen LogP contribution in [0.15, 0.2) is 39.5 Å². The molecule has 1 aromatic carbocycles. The number of rotatable bonds is 9. The minimum atomic E-state index is -3.66. The summed E-state index contributed by atoms with van der Waals surface area (Å²) in [4.78, 5) is 5.49. The lowest BCUT2D eigenvalue weighted by atomic mass is 10.1. The number of hydrogen-bond donors (Lipinski definition) is 3. The first-order chi connectivity index (χ1) is 13.3. The predicted octanol–water partition coefficient (Wildman–Crippen LogP) is 3.37. The highest BCUT2D eigenvalue weighted by atomic mass is 127. The molecule has 0 aliphatic rings. The summed E-state index contributed by atoms with van der Waals surface area (Å²) >= 11 is 1.15. The number of nitrogens with zero attached hydrogens (tertiary/aromatic N) is 1. The molecule has 0 saturated carbocycles. The monoisotopic (exact) mass is 552 g/mol. The third kappa shape index (κ3) is 8.49. The molecule has 0 saturated heterocycles. The summed E-state index contributed by atoms with van der Waals surface area (Å²) in [6.45, 7) is 8.42. The second kappa shape index (κ2) is 12.4. The summed E-state index contributed by atoms with van der Waals surface area (Å²) in [5.74, 6) is 1.51. The zero-order chi connectivity index (χ0) is 20.6. The largest absolute Gasteiger partial charge is 0.493 e. The lowest BCUT2D eigenvalue weighted by Crippen LogP contribution is -2.36. The van der Waals surface area contributed by atoms with Crippen molar-refractivity contribution < 1.29 is 13.2 Å². The summed E-state index contributed by atoms with van der Waals surface area (Å²) in [6.07, 6.45) is 0.947. The van der Waals surface area contributed by atoms with Gasteiger partial charge in [-0.1, -0.05) is 19.1 Å². The van der Waals surface area contributed by atoms with Crippen molar-refractivity contribution in [3.05, 3.63) is 46.3 Å². The van der Waals surface area contributed by atoms with Gasteiger partial charge in [-0.05, 0) is 44.0 Å². The standard InChI is InChI=1S/C19H28N4O3S2.HI/c1-4-10-26-17-11-14(3)6-7-15(17)12-22-19(21-5-2)23-13-16-8-9-18(27-16)28(20,24)25;/h6-9,11H,4-5,10,12-13H2,1-3H3,(H2,20,24,25)(H2,21,22,23);1H. The van der Waals surface area contributed by atoms with Gasteiger partial charge in [0.05, 0.1) is 19.7 Å². The van der Waals surface area contributed by atoms with Gasteiger partial charge in [0, 0.05) is 17.0 Å². The number of aliphatic imine (C=N–C) groups is 1. The SMILES string of the molecule is CCCOc1cc(C)ccc1CN=C(NCC)NCc1ccc(S(N)(=O)=O)s1.I. The Morgan fingerprint density at radius 2 is 1.97 bits per heavy atom. The summed E-state index contributed by atoms with van der Waals surface area (Å²) in [5.41, 5.74) is 2.16. The van der Waals surface area contributed by atoms with Crippen LogP contribution in [0.1, 0.15) is 36.3 Å². The van der Waals surface area contributed by atoms with E-state index >= 15 is 0 Å². The van der Waals surface area contributed by atoms with Gasteiger partial charge in [0.25, 0.3) is 0 Å². The highest BCUT2D eigenvalue weighted by Gasteiger charge is 2.11. The Morgan fingerprint density at radius 3 is 2.59 bits per heavy atom. The van der Waals surface area contributed by atoms with Crippen molar-refractivity contribution in [2.75, 3.05) is 13.2 Å². The third-order valence-electron chi connectivity index (χ3n) is 3.78. The van der Waals surface area contributed by atoms with Crippen LogP contribution in [-0.2, 0) is 23.1 Å². The number of nitrogens with one attached hydrogen (secondary N) is 2. The van der Waals surface area contributed by atoms with E-state index in [0.717, 1.165) is 39.5 Å². The molecule has 0 aliphatic heterocycles. The molecule has 4 N–H and O–H groups in total. The average Bonchev–Trinajstić information content (AvgIpc) is 3.13. The molecule has 10 heteroatoms. The maximum Gasteiger partial charge on any atom is 0.247 e. The first-order valence-corrected chi connectivity index (χ1v) is 11.6. The normalized spacial score (nSPS) is 11.7. The van der Waals surface area contributed by atoms with E-state index in [0.29, 0.717) is 32.2 Å². The molecule has 0 atom stereocenters. The van der Waals surface area contributed by atoms with Crippen molar-refractivity contribution in [1.29, 1.82) is 0 Å². The minimum absolute atomic E-state index is 0. The zero-order valence-corrected chi connectivity index (χ0v) is 20.9. The van der Waals surface area contributed by atoms with Crippen LogP contribution in [0.2, 0.25) is 0 Å². The highest BCUT2D eigenvalue weighted by Crippen LogP contribution is 2.22. The van der Waals surface area contributed by atoms with Crippen LogP contribution >= 0.6 is 35.3 Å². The molecule has 0 unspecified atom stereocenters. The molecule has 162 valence electrons. The van der Waals surface area contributed by atoms with Crippen molar-refractivity contribution in [2.45, 2.75) is 44.5 Å². The van der Waals surface area contributed by atoms with Crippen molar-refractivity contribution in [1.82, 2.24) is 10.6 Å². The molecular weight excluding hydrogens is 523 g/mol. The Hall–Kier alpha value is -1.37. The molecule has 0 spiro atoms. The molecule has 29 heavy (non-hydrogen) atoms. The number of guanidine groups is 1. The van der Waals surface area contributed by atoms with Gasteiger partial charge in [-0.2, -0.15) is 0 Å². The molecule has 0 bridgehead atoms. The molecule has 1 heterocycles. The van der Waals surface area contributed by atoms with Gasteiger partial charge in [0.15, 0.2) is 5.96 Å². The Balaban J connectivity index is 0.00000420. The van der Waals surface area contributed by atoms with Crippen LogP contribution in [0.25, 0.3) is 0 Å². The molecule has 2 aromatic rings. The quantitative estimate of drug-likeness (QED) is 0.251. The van der Waals surface area contributed by atoms with Crippen LogP contribution in [0.4, 0.5) is 0 Å². The Kier molecular flexibility index (Phi) is 10.9. The number of halogens is 1. The van der Waals surface area contributed by atoms with E-state index in [2.05, 4.69) is 22.5 Å². The van der Waals surface area contributed by atoms with Crippen LogP contribution in [0.5, 0.6) is 5.75 Å². The Labute approximate surface area is 194 Å². The number of hydrogen-bond acceptors (Lipinski definition) is 5. The number of ether oxygens (including phenoxy) is 1. The topological polar surface area (TPSA) is 106 Å². The van der Waals surface area contributed by atoms with Gasteiger partial charge in [0.1, 0.15) is 9.96 Å². The van der Waals surface area contributed by atoms with Crippen LogP contribution in [0, 0.1) is 6.92 Å². The van der Waals surface area contributed by atoms with Crippen LogP contribution in [0.3, 0.4) is 0 Å². The van der Waals surface area contributed by atoms with Crippen molar-refractivity contribution >= 4 is 51.3 Å². The molecule has 7 nitrogen and oxygen atoms in total. The molecule has 2 rings (SSSR count). The lowest BCUT2D eigenvalue weighted by Gasteiger charge is -2.13. The van der Waals surface area contributed by atoms with Gasteiger partial charge >= 0.3 is 0 Å². The number of thiophene rings is 1. The third-order valence-corrected chi connectivity index (χ3v) is 6.31. The fourth-order valence-electron chi connectivity index (χ4n) is 2.42. The van der Waals surface area contributed by atoms with Crippen molar-refractivity contribution in [2.24, 2.45) is 10.1 Å². The minimum Gasteiger partial charge on any atom is -0.493 e. The Morgan fingerprint density at radius 1 is 1.21 bits per heavy atom. The fourth-order valence-corrected chi connectivity index (χ4v) is 4.14. The number of benzene rings is 1. The first kappa shape index (κ1) is 25.7. The summed E-state index contributed by atoms with van der Waals surface area (Å²) in [7, 11) is -3.66. The lowest BCUT2D eigenvalue weighted by molar-refractivity contribution is 0.314. The van der Waals surface area contributed by atoms with Crippen LogP contribution in [-0.4, -0.2) is 27.5 Å². The molecule has 1 aromatic heterocycles. The first-order valence-electron chi connectivity index (χ1n) is 9.19. The van der Waals surface area contributed by atoms with Gasteiger partial charge < -0.3 is 15.4 Å². The van der Waals surface area contributed by atoms with Crippen molar-refractivity contribution in [3.8, 4) is 5.75 Å². The van der Waals surface area contributed by atoms with Gasteiger partial charge in [0.2, 0.25) is 10.0 Å². The number of aryl methyl sites for hydroxylation is 1. The number of sulfonamides is 1. The second-order valence-electron chi connectivity index (χ2n) is 6.27. The average molecular weight is 553 g/mol. The van der Waals surface area contributed by atoms with E-state index in [9.17, 15) is 8.42 Å². The number of nitrogens with two attached hydrogens (primary N) is 1. The van der Waals surface area contributed by atoms with E-state index in [-0.39, 0.29) is 28.2 Å². The maximum absolute atomic E-state index is 11.4. The molecule has 0 radical (unpaired) electrons. The van der Waals surface area contributed by atoms with E-state index < -0.39 is 10.0 Å². The summed E-state index contributed by atoms with van der Waals surface area (Å²) < 4.78 is 28.8. The van der Waals surface area contributed by atoms with Gasteiger partial charge in [-0.15, -0.1) is 35.3 Å². The van der Waals surface area contributed by atoms with Gasteiger partial charge in [-0.25, -0.2) is 18.5 Å². The highest BCUT2D eigenvalue weighted by molar-refractivity contribution is 14.0. The maximum atomic E-state index is 11.4. The Bertz CT molecular complexity index is 914. The van der Waals surface area contributed by atoms with Gasteiger partial charge in [-0.3, -0.25) is 0 Å². The van der Waals surface area contributed by atoms with E-state index in [1.165, 1.54) is 6.07 Å². The van der Waals surface area contributed by atoms with Crippen molar-refractivity contribution in [3.63, 3.8) is 0 Å². The fraction of sp³-hybridized carbons (Fsp3) is 0.421. The van der Waals surface area contributed by atoms with E-state index in [4.69, 9.17) is 9.88 Å². The summed E-state index contributed by atoms with van der Waals surface area (Å²) in [6, 6.07) is 9.37. The predicted molar refractivity (Wildman–Crippen MR) is 130 cm³/mol.